The molecule has 0 saturated carbocycles. The summed E-state index contributed by atoms with van der Waals surface area (Å²) in [7, 11) is 0. The third-order valence-corrected chi connectivity index (χ3v) is 2.72. The van der Waals surface area contributed by atoms with Crippen LogP contribution in [-0.4, -0.2) is 28.2 Å². The van der Waals surface area contributed by atoms with Gasteiger partial charge in [-0.05, 0) is 28.3 Å². The summed E-state index contributed by atoms with van der Waals surface area (Å²) in [5.74, 6) is 2.10. The lowest BCUT2D eigenvalue weighted by Gasteiger charge is -2.12. The molecule has 16 heavy (non-hydrogen) atoms. The zero-order valence-electron chi connectivity index (χ0n) is 9.70. The fraction of sp³-hybridized carbons (Fsp3) is 0.636. The summed E-state index contributed by atoms with van der Waals surface area (Å²) >= 11 is 3.36. The Balaban J connectivity index is 2.56. The molecule has 0 aliphatic heterocycles. The Labute approximate surface area is 105 Å². The number of nitrogens with one attached hydrogen (secondary N) is 1. The van der Waals surface area contributed by atoms with Crippen molar-refractivity contribution >= 4 is 21.7 Å². The number of hydrogen-bond acceptors (Lipinski definition) is 4. The average Bonchev–Trinajstić information content (AvgIpc) is 2.26. The van der Waals surface area contributed by atoms with Gasteiger partial charge in [-0.15, -0.1) is 0 Å². The summed E-state index contributed by atoms with van der Waals surface area (Å²) in [6.07, 6.45) is 1.63. The van der Waals surface area contributed by atoms with E-state index >= 15 is 0 Å². The molecule has 1 heterocycles. The van der Waals surface area contributed by atoms with Crippen LogP contribution in [0.2, 0.25) is 0 Å². The fourth-order valence-electron chi connectivity index (χ4n) is 1.31. The van der Waals surface area contributed by atoms with Crippen LogP contribution in [0, 0.1) is 5.92 Å². The van der Waals surface area contributed by atoms with Gasteiger partial charge in [0.25, 0.3) is 0 Å². The minimum atomic E-state index is 0.233. The molecule has 0 fully saturated rings. The highest BCUT2D eigenvalue weighted by molar-refractivity contribution is 9.10. The lowest BCUT2D eigenvalue weighted by molar-refractivity contribution is 0.266. The van der Waals surface area contributed by atoms with Gasteiger partial charge in [0.2, 0.25) is 0 Å². The second kappa shape index (κ2) is 6.81. The van der Waals surface area contributed by atoms with Crippen molar-refractivity contribution in [3.63, 3.8) is 0 Å². The van der Waals surface area contributed by atoms with Gasteiger partial charge in [0.1, 0.15) is 16.2 Å². The van der Waals surface area contributed by atoms with Crippen molar-refractivity contribution in [2.24, 2.45) is 5.92 Å². The van der Waals surface area contributed by atoms with E-state index in [1.807, 2.05) is 13.0 Å². The minimum absolute atomic E-state index is 0.233. The van der Waals surface area contributed by atoms with Crippen molar-refractivity contribution in [2.75, 3.05) is 18.5 Å². The molecule has 0 aliphatic rings. The first kappa shape index (κ1) is 13.4. The van der Waals surface area contributed by atoms with Crippen molar-refractivity contribution in [1.82, 2.24) is 9.97 Å². The second-order valence-electron chi connectivity index (χ2n) is 3.84. The summed E-state index contributed by atoms with van der Waals surface area (Å²) in [6.45, 7) is 5.17. The summed E-state index contributed by atoms with van der Waals surface area (Å²) in [4.78, 5) is 8.61. The quantitative estimate of drug-likeness (QED) is 0.788. The first-order chi connectivity index (χ1) is 7.65. The largest absolute Gasteiger partial charge is 0.396 e. The number of aliphatic hydroxyl groups is 1. The molecule has 1 aromatic rings. The number of rotatable bonds is 6. The number of anilines is 1. The molecule has 0 saturated heterocycles. The van der Waals surface area contributed by atoms with Crippen LogP contribution < -0.4 is 5.32 Å². The first-order valence-corrected chi connectivity index (χ1v) is 6.33. The third kappa shape index (κ3) is 4.45. The number of aryl methyl sites for hydroxylation is 1. The summed E-state index contributed by atoms with van der Waals surface area (Å²) in [5, 5.41) is 12.1. The zero-order chi connectivity index (χ0) is 12.0. The van der Waals surface area contributed by atoms with Crippen LogP contribution in [0.1, 0.15) is 26.1 Å². The van der Waals surface area contributed by atoms with Gasteiger partial charge in [0.15, 0.2) is 0 Å². The van der Waals surface area contributed by atoms with E-state index < -0.39 is 0 Å². The molecule has 1 aromatic heterocycles. The van der Waals surface area contributed by atoms with Gasteiger partial charge in [-0.1, -0.05) is 13.8 Å². The average molecular weight is 288 g/mol. The van der Waals surface area contributed by atoms with Gasteiger partial charge in [0.05, 0.1) is 0 Å². The van der Waals surface area contributed by atoms with Gasteiger partial charge < -0.3 is 10.4 Å². The number of halogens is 1. The maximum absolute atomic E-state index is 8.80. The van der Waals surface area contributed by atoms with E-state index in [4.69, 9.17) is 5.11 Å². The van der Waals surface area contributed by atoms with Gasteiger partial charge >= 0.3 is 0 Å². The molecule has 1 rings (SSSR count). The van der Waals surface area contributed by atoms with Crippen LogP contribution >= 0.6 is 15.9 Å². The molecule has 5 heteroatoms. The highest BCUT2D eigenvalue weighted by Crippen LogP contribution is 2.13. The normalized spacial score (nSPS) is 12.5. The molecule has 2 N–H and O–H groups in total. The SMILES string of the molecule is CCc1nc(Br)cc(NCC(C)CCO)n1. The summed E-state index contributed by atoms with van der Waals surface area (Å²) in [5.41, 5.74) is 0. The van der Waals surface area contributed by atoms with Crippen molar-refractivity contribution in [3.05, 3.63) is 16.5 Å². The topological polar surface area (TPSA) is 58.0 Å². The Kier molecular flexibility index (Phi) is 5.69. The molecule has 0 aromatic carbocycles. The van der Waals surface area contributed by atoms with E-state index in [0.717, 1.165) is 35.6 Å². The van der Waals surface area contributed by atoms with Crippen LogP contribution in [0.25, 0.3) is 0 Å². The van der Waals surface area contributed by atoms with E-state index in [1.165, 1.54) is 0 Å². The molecule has 0 bridgehead atoms. The summed E-state index contributed by atoms with van der Waals surface area (Å²) in [6, 6.07) is 1.87. The van der Waals surface area contributed by atoms with Crippen LogP contribution in [0.3, 0.4) is 0 Å². The van der Waals surface area contributed by atoms with E-state index in [-0.39, 0.29) is 6.61 Å². The number of aromatic nitrogens is 2. The number of aliphatic hydroxyl groups excluding tert-OH is 1. The third-order valence-electron chi connectivity index (χ3n) is 2.31. The van der Waals surface area contributed by atoms with Crippen molar-refractivity contribution < 1.29 is 5.11 Å². The summed E-state index contributed by atoms with van der Waals surface area (Å²) < 4.78 is 0.802. The lowest BCUT2D eigenvalue weighted by Crippen LogP contribution is -2.14. The van der Waals surface area contributed by atoms with E-state index in [2.05, 4.69) is 38.1 Å². The van der Waals surface area contributed by atoms with E-state index in [9.17, 15) is 0 Å². The smallest absolute Gasteiger partial charge is 0.131 e. The van der Waals surface area contributed by atoms with Crippen LogP contribution in [0.4, 0.5) is 5.82 Å². The molecule has 0 amide bonds. The second-order valence-corrected chi connectivity index (χ2v) is 4.66. The van der Waals surface area contributed by atoms with E-state index in [0.29, 0.717) is 5.92 Å². The van der Waals surface area contributed by atoms with Crippen LogP contribution in [-0.2, 0) is 6.42 Å². The molecule has 0 spiro atoms. The monoisotopic (exact) mass is 287 g/mol. The molecule has 0 aliphatic carbocycles. The Morgan fingerprint density at radius 1 is 1.50 bits per heavy atom. The Hall–Kier alpha value is -0.680. The molecular formula is C11H18BrN3O. The molecule has 1 unspecified atom stereocenters. The molecule has 90 valence electrons. The van der Waals surface area contributed by atoms with Crippen molar-refractivity contribution in [3.8, 4) is 0 Å². The molecule has 4 nitrogen and oxygen atoms in total. The van der Waals surface area contributed by atoms with Gasteiger partial charge in [-0.3, -0.25) is 0 Å². The maximum atomic E-state index is 8.80. The standard InChI is InChI=1S/C11H18BrN3O/c1-3-10-14-9(12)6-11(15-10)13-7-8(2)4-5-16/h6,8,16H,3-5,7H2,1-2H3,(H,13,14,15). The zero-order valence-corrected chi connectivity index (χ0v) is 11.3. The van der Waals surface area contributed by atoms with E-state index in [1.54, 1.807) is 0 Å². The van der Waals surface area contributed by atoms with Crippen LogP contribution in [0.5, 0.6) is 0 Å². The molecular weight excluding hydrogens is 270 g/mol. The Morgan fingerprint density at radius 2 is 2.25 bits per heavy atom. The Bertz CT molecular complexity index is 333. The predicted octanol–water partition coefficient (Wildman–Crippen LogP) is 2.23. The maximum Gasteiger partial charge on any atom is 0.131 e. The number of hydrogen-bond donors (Lipinski definition) is 2. The molecule has 0 radical (unpaired) electrons. The highest BCUT2D eigenvalue weighted by Gasteiger charge is 2.04. The highest BCUT2D eigenvalue weighted by atomic mass is 79.9. The molecule has 1 atom stereocenters. The van der Waals surface area contributed by atoms with Crippen molar-refractivity contribution in [2.45, 2.75) is 26.7 Å². The van der Waals surface area contributed by atoms with Crippen LogP contribution in [0.15, 0.2) is 10.7 Å². The minimum Gasteiger partial charge on any atom is -0.396 e. The Morgan fingerprint density at radius 3 is 2.88 bits per heavy atom. The number of nitrogens with zero attached hydrogens (tertiary/aromatic N) is 2. The van der Waals surface area contributed by atoms with Gasteiger partial charge in [-0.2, -0.15) is 0 Å². The fourth-order valence-corrected chi connectivity index (χ4v) is 1.74. The predicted molar refractivity (Wildman–Crippen MR) is 68.5 cm³/mol. The van der Waals surface area contributed by atoms with Crippen molar-refractivity contribution in [1.29, 1.82) is 0 Å². The van der Waals surface area contributed by atoms with Gasteiger partial charge in [-0.25, -0.2) is 9.97 Å². The lowest BCUT2D eigenvalue weighted by atomic mass is 10.1. The van der Waals surface area contributed by atoms with Gasteiger partial charge in [0, 0.05) is 25.6 Å². The first-order valence-electron chi connectivity index (χ1n) is 5.54.